The predicted molar refractivity (Wildman–Crippen MR) is 95.3 cm³/mol. The highest BCUT2D eigenvalue weighted by Crippen LogP contribution is 2.49. The summed E-state index contributed by atoms with van der Waals surface area (Å²) in [5.41, 5.74) is 14.2. The summed E-state index contributed by atoms with van der Waals surface area (Å²) in [4.78, 5) is 10.3. The number of nitrogens with two attached hydrogens (primary N) is 2. The SMILES string of the molecule is NC(CCc1ccccc1)P(=O)(O)C(N)CCc1ccccc1. The summed E-state index contributed by atoms with van der Waals surface area (Å²) >= 11 is 0. The highest BCUT2D eigenvalue weighted by atomic mass is 31.2. The van der Waals surface area contributed by atoms with E-state index in [1.165, 1.54) is 0 Å². The van der Waals surface area contributed by atoms with E-state index in [1.807, 2.05) is 60.7 Å². The first-order valence-corrected chi connectivity index (χ1v) is 9.71. The first-order chi connectivity index (χ1) is 11.0. The Morgan fingerprint density at radius 1 is 0.783 bits per heavy atom. The van der Waals surface area contributed by atoms with Crippen molar-refractivity contribution < 1.29 is 9.46 Å². The topological polar surface area (TPSA) is 89.3 Å². The maximum absolute atomic E-state index is 12.6. The van der Waals surface area contributed by atoms with Gasteiger partial charge in [0.1, 0.15) is 0 Å². The van der Waals surface area contributed by atoms with Gasteiger partial charge in [-0.05, 0) is 36.8 Å². The molecule has 0 spiro atoms. The molecular formula is C18H25N2O2P. The molecular weight excluding hydrogens is 307 g/mol. The van der Waals surface area contributed by atoms with Crippen LogP contribution < -0.4 is 11.5 Å². The normalized spacial score (nSPS) is 16.5. The predicted octanol–water partition coefficient (Wildman–Crippen LogP) is 3.09. The highest BCUT2D eigenvalue weighted by Gasteiger charge is 2.34. The van der Waals surface area contributed by atoms with Gasteiger partial charge in [0.15, 0.2) is 0 Å². The second kappa shape index (κ2) is 8.42. The van der Waals surface area contributed by atoms with E-state index in [1.54, 1.807) is 0 Å². The molecule has 0 radical (unpaired) electrons. The van der Waals surface area contributed by atoms with Crippen LogP contribution >= 0.6 is 7.37 Å². The summed E-state index contributed by atoms with van der Waals surface area (Å²) in [5, 5.41) is 0. The van der Waals surface area contributed by atoms with E-state index in [-0.39, 0.29) is 0 Å². The van der Waals surface area contributed by atoms with E-state index in [0.29, 0.717) is 25.7 Å². The molecule has 0 amide bonds. The van der Waals surface area contributed by atoms with Crippen LogP contribution in [0.25, 0.3) is 0 Å². The Morgan fingerprint density at radius 3 is 1.48 bits per heavy atom. The Kier molecular flexibility index (Phi) is 6.55. The highest BCUT2D eigenvalue weighted by molar-refractivity contribution is 7.59. The van der Waals surface area contributed by atoms with E-state index < -0.39 is 18.9 Å². The van der Waals surface area contributed by atoms with Gasteiger partial charge in [-0.1, -0.05) is 60.7 Å². The quantitative estimate of drug-likeness (QED) is 0.648. The summed E-state index contributed by atoms with van der Waals surface area (Å²) in [6, 6.07) is 19.6. The molecule has 2 aromatic rings. The van der Waals surface area contributed by atoms with Crippen LogP contribution in [0.1, 0.15) is 24.0 Å². The van der Waals surface area contributed by atoms with Crippen molar-refractivity contribution in [2.24, 2.45) is 11.5 Å². The van der Waals surface area contributed by atoms with Crippen LogP contribution in [0.2, 0.25) is 0 Å². The van der Waals surface area contributed by atoms with Gasteiger partial charge < -0.3 is 16.4 Å². The molecule has 0 aliphatic rings. The Balaban J connectivity index is 1.87. The average Bonchev–Trinajstić information content (AvgIpc) is 2.59. The number of hydrogen-bond donors (Lipinski definition) is 3. The zero-order valence-electron chi connectivity index (χ0n) is 13.2. The smallest absolute Gasteiger partial charge is 0.232 e. The van der Waals surface area contributed by atoms with E-state index in [0.717, 1.165) is 11.1 Å². The van der Waals surface area contributed by atoms with Crippen LogP contribution in [-0.4, -0.2) is 16.5 Å². The van der Waals surface area contributed by atoms with Crippen LogP contribution in [0, 0.1) is 0 Å². The molecule has 124 valence electrons. The summed E-state index contributed by atoms with van der Waals surface area (Å²) in [5.74, 6) is -1.57. The van der Waals surface area contributed by atoms with E-state index in [2.05, 4.69) is 0 Å². The lowest BCUT2D eigenvalue weighted by atomic mass is 10.1. The number of benzene rings is 2. The van der Waals surface area contributed by atoms with Crippen molar-refractivity contribution in [2.45, 2.75) is 37.2 Å². The Bertz CT molecular complexity index is 580. The van der Waals surface area contributed by atoms with Crippen LogP contribution in [0.5, 0.6) is 0 Å². The Labute approximate surface area is 138 Å². The van der Waals surface area contributed by atoms with Crippen molar-refractivity contribution in [1.82, 2.24) is 0 Å². The van der Waals surface area contributed by atoms with Crippen molar-refractivity contribution >= 4 is 7.37 Å². The maximum atomic E-state index is 12.6. The second-order valence-electron chi connectivity index (χ2n) is 5.86. The van der Waals surface area contributed by atoms with Crippen LogP contribution in [-0.2, 0) is 17.4 Å². The third kappa shape index (κ3) is 5.29. The van der Waals surface area contributed by atoms with Gasteiger partial charge in [0.2, 0.25) is 7.37 Å². The molecule has 2 aromatic carbocycles. The molecule has 0 saturated heterocycles. The van der Waals surface area contributed by atoms with Crippen molar-refractivity contribution in [3.05, 3.63) is 71.8 Å². The van der Waals surface area contributed by atoms with Crippen molar-refractivity contribution in [1.29, 1.82) is 0 Å². The maximum Gasteiger partial charge on any atom is 0.232 e. The molecule has 2 unspecified atom stereocenters. The fraction of sp³-hybridized carbons (Fsp3) is 0.333. The van der Waals surface area contributed by atoms with E-state index >= 15 is 0 Å². The van der Waals surface area contributed by atoms with Gasteiger partial charge >= 0.3 is 0 Å². The van der Waals surface area contributed by atoms with Gasteiger partial charge in [-0.15, -0.1) is 0 Å². The largest absolute Gasteiger partial charge is 0.342 e. The molecule has 4 nitrogen and oxygen atoms in total. The molecule has 5 N–H and O–H groups in total. The fourth-order valence-electron chi connectivity index (χ4n) is 2.53. The van der Waals surface area contributed by atoms with Crippen molar-refractivity contribution in [2.75, 3.05) is 0 Å². The zero-order chi connectivity index (χ0) is 16.7. The van der Waals surface area contributed by atoms with E-state index in [4.69, 9.17) is 11.5 Å². The first kappa shape index (κ1) is 17.9. The Morgan fingerprint density at radius 2 is 1.13 bits per heavy atom. The van der Waals surface area contributed by atoms with Crippen LogP contribution in [0.4, 0.5) is 0 Å². The van der Waals surface area contributed by atoms with Crippen LogP contribution in [0.3, 0.4) is 0 Å². The summed E-state index contributed by atoms with van der Waals surface area (Å²) in [6.07, 6.45) is 2.27. The van der Waals surface area contributed by atoms with Gasteiger partial charge in [-0.3, -0.25) is 4.57 Å². The molecule has 2 atom stereocenters. The van der Waals surface area contributed by atoms with Crippen molar-refractivity contribution in [3.63, 3.8) is 0 Å². The minimum absolute atomic E-state index is 0.455. The first-order valence-electron chi connectivity index (χ1n) is 7.91. The third-order valence-corrected chi connectivity index (χ3v) is 6.51. The molecule has 0 saturated carbocycles. The molecule has 0 fully saturated rings. The monoisotopic (exact) mass is 332 g/mol. The lowest BCUT2D eigenvalue weighted by Gasteiger charge is -2.25. The summed E-state index contributed by atoms with van der Waals surface area (Å²) < 4.78 is 12.6. The second-order valence-corrected chi connectivity index (χ2v) is 8.53. The molecule has 23 heavy (non-hydrogen) atoms. The van der Waals surface area contributed by atoms with Crippen molar-refractivity contribution in [3.8, 4) is 0 Å². The molecule has 0 aliphatic carbocycles. The lowest BCUT2D eigenvalue weighted by Crippen LogP contribution is -2.32. The minimum Gasteiger partial charge on any atom is -0.342 e. The number of aryl methyl sites for hydroxylation is 2. The van der Waals surface area contributed by atoms with Gasteiger partial charge in [-0.25, -0.2) is 0 Å². The van der Waals surface area contributed by atoms with Gasteiger partial charge in [-0.2, -0.15) is 0 Å². The average molecular weight is 332 g/mol. The van der Waals surface area contributed by atoms with Gasteiger partial charge in [0.05, 0.1) is 11.6 Å². The number of rotatable bonds is 8. The zero-order valence-corrected chi connectivity index (χ0v) is 14.1. The summed E-state index contributed by atoms with van der Waals surface area (Å²) in [7, 11) is -3.59. The van der Waals surface area contributed by atoms with E-state index in [9.17, 15) is 9.46 Å². The Hall–Kier alpha value is -1.45. The molecule has 0 bridgehead atoms. The van der Waals surface area contributed by atoms with Gasteiger partial charge in [0, 0.05) is 0 Å². The number of hydrogen-bond acceptors (Lipinski definition) is 3. The van der Waals surface area contributed by atoms with Gasteiger partial charge in [0.25, 0.3) is 0 Å². The molecule has 0 heterocycles. The molecule has 0 aliphatic heterocycles. The fourth-order valence-corrected chi connectivity index (χ4v) is 4.02. The molecule has 0 aromatic heterocycles. The molecule has 5 heteroatoms. The lowest BCUT2D eigenvalue weighted by molar-refractivity contribution is 0.439. The summed E-state index contributed by atoms with van der Waals surface area (Å²) in [6.45, 7) is 0. The standard InChI is InChI=1S/C18H25N2O2P/c19-17(13-11-15-7-3-1-4-8-15)23(21,22)18(20)14-12-16-9-5-2-6-10-16/h1-10,17-18H,11-14,19-20H2,(H,21,22). The minimum atomic E-state index is -3.59. The molecule has 2 rings (SSSR count). The third-order valence-electron chi connectivity index (χ3n) is 4.09. The van der Waals surface area contributed by atoms with Crippen LogP contribution in [0.15, 0.2) is 60.7 Å².